The van der Waals surface area contributed by atoms with Crippen molar-refractivity contribution in [2.45, 2.75) is 65.5 Å². The summed E-state index contributed by atoms with van der Waals surface area (Å²) in [6.07, 6.45) is 0.182. The second kappa shape index (κ2) is 8.33. The Morgan fingerprint density at radius 3 is 2.14 bits per heavy atom. The maximum atomic E-state index is 12.1. The molecule has 2 rings (SSSR count). The highest BCUT2D eigenvalue weighted by atomic mass is 16.5. The molecule has 0 bridgehead atoms. The van der Waals surface area contributed by atoms with E-state index in [0.29, 0.717) is 6.42 Å². The van der Waals surface area contributed by atoms with Gasteiger partial charge in [-0.3, -0.25) is 14.4 Å². The van der Waals surface area contributed by atoms with Crippen molar-refractivity contribution >= 4 is 17.8 Å². The van der Waals surface area contributed by atoms with Crippen molar-refractivity contribution in [1.82, 2.24) is 5.32 Å². The average molecular weight is 389 g/mol. The van der Waals surface area contributed by atoms with Gasteiger partial charge < -0.3 is 14.8 Å². The second-order valence-corrected chi connectivity index (χ2v) is 8.44. The Balaban J connectivity index is 2.59. The van der Waals surface area contributed by atoms with Crippen molar-refractivity contribution in [1.29, 1.82) is 0 Å². The summed E-state index contributed by atoms with van der Waals surface area (Å²) in [5.41, 5.74) is -0.175. The number of benzene rings is 1. The molecule has 1 fully saturated rings. The summed E-state index contributed by atoms with van der Waals surface area (Å²) >= 11 is 0. The molecule has 0 aromatic heterocycles. The minimum absolute atomic E-state index is 0.115. The van der Waals surface area contributed by atoms with E-state index in [0.717, 1.165) is 5.56 Å². The van der Waals surface area contributed by atoms with Gasteiger partial charge >= 0.3 is 11.9 Å². The molecule has 1 aromatic rings. The van der Waals surface area contributed by atoms with Crippen LogP contribution in [0.1, 0.15) is 59.4 Å². The quantitative estimate of drug-likeness (QED) is 0.782. The number of esters is 2. The molecule has 1 aliphatic rings. The molecule has 0 spiro atoms. The highest BCUT2D eigenvalue weighted by molar-refractivity contribution is 5.74. The van der Waals surface area contributed by atoms with Gasteiger partial charge in [-0.15, -0.1) is 0 Å². The van der Waals surface area contributed by atoms with Crippen molar-refractivity contribution < 1.29 is 23.9 Å². The topological polar surface area (TPSA) is 81.7 Å². The molecule has 1 saturated carbocycles. The van der Waals surface area contributed by atoms with Crippen LogP contribution in [-0.2, 0) is 23.9 Å². The smallest absolute Gasteiger partial charge is 0.302 e. The van der Waals surface area contributed by atoms with E-state index in [2.05, 4.69) is 5.32 Å². The molecule has 6 heteroatoms. The summed E-state index contributed by atoms with van der Waals surface area (Å²) in [6, 6.07) is 9.86. The number of rotatable bonds is 5. The molecule has 1 N–H and O–H groups in total. The molecule has 4 atom stereocenters. The highest BCUT2D eigenvalue weighted by Gasteiger charge is 2.58. The first-order valence-electron chi connectivity index (χ1n) is 9.62. The lowest BCUT2D eigenvalue weighted by Crippen LogP contribution is -2.66. The lowest BCUT2D eigenvalue weighted by atomic mass is 9.53. The molecule has 0 radical (unpaired) electrons. The molecule has 1 amide bonds. The van der Waals surface area contributed by atoms with Crippen LogP contribution in [0.2, 0.25) is 0 Å². The van der Waals surface area contributed by atoms with Gasteiger partial charge in [0.1, 0.15) is 6.10 Å². The third-order valence-corrected chi connectivity index (χ3v) is 6.03. The monoisotopic (exact) mass is 389 g/mol. The van der Waals surface area contributed by atoms with Crippen molar-refractivity contribution in [3.05, 3.63) is 35.9 Å². The van der Waals surface area contributed by atoms with Crippen LogP contribution >= 0.6 is 0 Å². The van der Waals surface area contributed by atoms with Crippen molar-refractivity contribution in [2.24, 2.45) is 11.3 Å². The molecule has 0 saturated heterocycles. The third-order valence-electron chi connectivity index (χ3n) is 6.03. The summed E-state index contributed by atoms with van der Waals surface area (Å²) in [4.78, 5) is 35.5. The maximum absolute atomic E-state index is 12.1. The van der Waals surface area contributed by atoms with Gasteiger partial charge in [-0.25, -0.2) is 0 Å². The summed E-state index contributed by atoms with van der Waals surface area (Å²) in [5, 5.41) is 3.14. The average Bonchev–Trinajstić information content (AvgIpc) is 2.56. The molecule has 0 unspecified atom stereocenters. The number of carbonyl (C=O) groups is 3. The van der Waals surface area contributed by atoms with Gasteiger partial charge in [-0.05, 0) is 18.9 Å². The van der Waals surface area contributed by atoms with Gasteiger partial charge in [0.15, 0.2) is 0 Å². The Morgan fingerprint density at radius 2 is 1.64 bits per heavy atom. The fraction of sp³-hybridized carbons (Fsp3) is 0.591. The predicted octanol–water partition coefficient (Wildman–Crippen LogP) is 3.21. The predicted molar refractivity (Wildman–Crippen MR) is 105 cm³/mol. The van der Waals surface area contributed by atoms with E-state index in [9.17, 15) is 14.4 Å². The normalized spacial score (nSPS) is 28.9. The van der Waals surface area contributed by atoms with E-state index in [4.69, 9.17) is 9.47 Å². The fourth-order valence-corrected chi connectivity index (χ4v) is 4.71. The third kappa shape index (κ3) is 4.54. The van der Waals surface area contributed by atoms with Gasteiger partial charge in [-0.1, -0.05) is 44.2 Å². The van der Waals surface area contributed by atoms with Gasteiger partial charge in [0.2, 0.25) is 5.91 Å². The lowest BCUT2D eigenvalue weighted by Gasteiger charge is -2.57. The Bertz CT molecular complexity index is 730. The molecule has 0 heterocycles. The first kappa shape index (κ1) is 21.9. The van der Waals surface area contributed by atoms with Crippen molar-refractivity contribution in [3.63, 3.8) is 0 Å². The second-order valence-electron chi connectivity index (χ2n) is 8.44. The number of carbonyl (C=O) groups excluding carboxylic acids is 3. The van der Waals surface area contributed by atoms with E-state index < -0.39 is 11.0 Å². The minimum atomic E-state index is -0.692. The van der Waals surface area contributed by atoms with Crippen LogP contribution < -0.4 is 5.32 Å². The molecular formula is C22H31NO5. The van der Waals surface area contributed by atoms with Gasteiger partial charge in [0.05, 0.1) is 12.1 Å². The molecule has 1 aromatic carbocycles. The fourth-order valence-electron chi connectivity index (χ4n) is 4.71. The molecular weight excluding hydrogens is 358 g/mol. The first-order chi connectivity index (χ1) is 13.0. The van der Waals surface area contributed by atoms with E-state index in [-0.39, 0.29) is 42.4 Å². The zero-order valence-corrected chi connectivity index (χ0v) is 17.6. The number of amides is 1. The zero-order chi connectivity index (χ0) is 21.1. The number of ether oxygens (including phenoxy) is 2. The Labute approximate surface area is 167 Å². The Hall–Kier alpha value is -2.37. The summed E-state index contributed by atoms with van der Waals surface area (Å²) in [6.45, 7) is 10.4. The van der Waals surface area contributed by atoms with Crippen LogP contribution in [0, 0.1) is 11.3 Å². The maximum Gasteiger partial charge on any atom is 0.302 e. The minimum Gasteiger partial charge on any atom is -0.465 e. The van der Waals surface area contributed by atoms with E-state index in [1.54, 1.807) is 0 Å². The summed E-state index contributed by atoms with van der Waals surface area (Å²) < 4.78 is 11.1. The molecule has 1 aliphatic carbocycles. The molecule has 6 nitrogen and oxygen atoms in total. The van der Waals surface area contributed by atoms with Crippen LogP contribution in [0.3, 0.4) is 0 Å². The highest BCUT2D eigenvalue weighted by Crippen LogP contribution is 2.53. The Kier molecular flexibility index (Phi) is 6.52. The van der Waals surface area contributed by atoms with Crippen molar-refractivity contribution in [3.8, 4) is 0 Å². The molecule has 28 heavy (non-hydrogen) atoms. The lowest BCUT2D eigenvalue weighted by molar-refractivity contribution is -0.174. The summed E-state index contributed by atoms with van der Waals surface area (Å²) in [7, 11) is 0. The van der Waals surface area contributed by atoms with E-state index >= 15 is 0 Å². The van der Waals surface area contributed by atoms with Crippen LogP contribution in [0.5, 0.6) is 0 Å². The zero-order valence-electron chi connectivity index (χ0n) is 17.6. The van der Waals surface area contributed by atoms with Crippen LogP contribution in [-0.4, -0.2) is 36.1 Å². The largest absolute Gasteiger partial charge is 0.465 e. The molecule has 154 valence electrons. The van der Waals surface area contributed by atoms with Crippen LogP contribution in [0.15, 0.2) is 30.3 Å². The van der Waals surface area contributed by atoms with Gasteiger partial charge in [-0.2, -0.15) is 0 Å². The molecule has 0 aliphatic heterocycles. The number of hydrogen-bond donors (Lipinski definition) is 1. The standard InChI is InChI=1S/C22H31NO5/c1-14(24)23-22(6)18(17-10-8-7-9-11-17)12-20(28-16(3)26)21(4,5)19(22)13-27-15(2)25/h7-11,18-20H,12-13H2,1-6H3,(H,23,24)/t18-,19-,20-,22+/m0/s1. The first-order valence-corrected chi connectivity index (χ1v) is 9.62. The number of nitrogens with one attached hydrogen (secondary N) is 1. The Morgan fingerprint density at radius 1 is 1.04 bits per heavy atom. The number of hydrogen-bond acceptors (Lipinski definition) is 5. The van der Waals surface area contributed by atoms with Gasteiger partial charge in [0, 0.05) is 38.0 Å². The van der Waals surface area contributed by atoms with Gasteiger partial charge in [0.25, 0.3) is 0 Å². The van der Waals surface area contributed by atoms with E-state index in [1.165, 1.54) is 20.8 Å². The van der Waals surface area contributed by atoms with Crippen LogP contribution in [0.4, 0.5) is 0 Å². The van der Waals surface area contributed by atoms with Crippen molar-refractivity contribution in [2.75, 3.05) is 6.61 Å². The SMILES string of the molecule is CC(=O)N[C@]1(C)[C@H](c2ccccc2)C[C@H](OC(C)=O)C(C)(C)[C@@H]1COC(C)=O. The summed E-state index contributed by atoms with van der Waals surface area (Å²) in [5.74, 6) is -1.27. The van der Waals surface area contributed by atoms with Crippen LogP contribution in [0.25, 0.3) is 0 Å². The van der Waals surface area contributed by atoms with E-state index in [1.807, 2.05) is 51.1 Å².